The molecule has 2 N–H and O–H groups in total. The molecule has 0 radical (unpaired) electrons. The van der Waals surface area contributed by atoms with Gasteiger partial charge in [0.25, 0.3) is 6.43 Å². The predicted molar refractivity (Wildman–Crippen MR) is 45.0 cm³/mol. The highest BCUT2D eigenvalue weighted by Crippen LogP contribution is 2.28. The van der Waals surface area contributed by atoms with E-state index in [9.17, 15) is 18.9 Å². The maximum Gasteiger partial charge on any atom is 0.369 e. The molecule has 5 nitrogen and oxygen atoms in total. The van der Waals surface area contributed by atoms with E-state index in [4.69, 9.17) is 5.73 Å². The van der Waals surface area contributed by atoms with Crippen LogP contribution in [0, 0.1) is 17.0 Å². The van der Waals surface area contributed by atoms with Crippen LogP contribution in [0.1, 0.15) is 17.6 Å². The molecule has 0 aliphatic carbocycles. The molecule has 0 aromatic carbocycles. The van der Waals surface area contributed by atoms with Gasteiger partial charge in [0, 0.05) is 11.6 Å². The minimum absolute atomic E-state index is 0.154. The Morgan fingerprint density at radius 3 is 2.64 bits per heavy atom. The highest BCUT2D eigenvalue weighted by atomic mass is 19.3. The predicted octanol–water partition coefficient (Wildman–Crippen LogP) is 1.82. The van der Waals surface area contributed by atoms with E-state index < -0.39 is 22.7 Å². The van der Waals surface area contributed by atoms with Gasteiger partial charge in [-0.15, -0.1) is 0 Å². The number of hydrogen-bond acceptors (Lipinski definition) is 4. The van der Waals surface area contributed by atoms with E-state index in [-0.39, 0.29) is 11.4 Å². The van der Waals surface area contributed by atoms with E-state index >= 15 is 0 Å². The minimum Gasteiger partial charge on any atom is -0.363 e. The highest BCUT2D eigenvalue weighted by Gasteiger charge is 2.22. The molecule has 14 heavy (non-hydrogen) atoms. The second kappa shape index (κ2) is 3.52. The molecule has 0 unspecified atom stereocenters. The quantitative estimate of drug-likeness (QED) is 0.587. The molecular formula is C7H7F2N3O2. The molecule has 0 aliphatic heterocycles. The fourth-order valence-electron chi connectivity index (χ4n) is 1.04. The lowest BCUT2D eigenvalue weighted by molar-refractivity contribution is -0.390. The third kappa shape index (κ3) is 1.76. The Hall–Kier alpha value is -1.79. The Balaban J connectivity index is 3.40. The summed E-state index contributed by atoms with van der Waals surface area (Å²) in [4.78, 5) is 12.9. The van der Waals surface area contributed by atoms with Crippen molar-refractivity contribution in [2.24, 2.45) is 0 Å². The molecule has 1 heterocycles. The molecule has 0 aliphatic rings. The first-order valence-corrected chi connectivity index (χ1v) is 3.63. The van der Waals surface area contributed by atoms with Gasteiger partial charge in [0.2, 0.25) is 5.82 Å². The summed E-state index contributed by atoms with van der Waals surface area (Å²) < 4.78 is 24.7. The van der Waals surface area contributed by atoms with Crippen molar-refractivity contribution in [3.8, 4) is 0 Å². The van der Waals surface area contributed by atoms with Crippen LogP contribution in [0.25, 0.3) is 0 Å². The van der Waals surface area contributed by atoms with Crippen LogP contribution in [-0.4, -0.2) is 9.91 Å². The second-order valence-corrected chi connectivity index (χ2v) is 2.64. The summed E-state index contributed by atoms with van der Waals surface area (Å²) in [5, 5.41) is 10.4. The fraction of sp³-hybridized carbons (Fsp3) is 0.286. The van der Waals surface area contributed by atoms with E-state index in [0.717, 1.165) is 6.07 Å². The van der Waals surface area contributed by atoms with Gasteiger partial charge < -0.3 is 15.8 Å². The fourth-order valence-corrected chi connectivity index (χ4v) is 1.04. The van der Waals surface area contributed by atoms with Gasteiger partial charge in [-0.3, -0.25) is 0 Å². The van der Waals surface area contributed by atoms with E-state index in [0.29, 0.717) is 0 Å². The van der Waals surface area contributed by atoms with Crippen LogP contribution in [0.15, 0.2) is 6.07 Å². The topological polar surface area (TPSA) is 82.0 Å². The van der Waals surface area contributed by atoms with Crippen LogP contribution in [0.2, 0.25) is 0 Å². The normalized spacial score (nSPS) is 10.6. The van der Waals surface area contributed by atoms with Gasteiger partial charge in [-0.1, -0.05) is 0 Å². The van der Waals surface area contributed by atoms with Gasteiger partial charge in [-0.2, -0.15) is 0 Å². The number of hydrogen-bond donors (Lipinski definition) is 1. The van der Waals surface area contributed by atoms with Gasteiger partial charge >= 0.3 is 5.82 Å². The zero-order valence-electron chi connectivity index (χ0n) is 7.20. The Bertz CT molecular complexity index is 381. The molecular weight excluding hydrogens is 196 g/mol. The molecule has 1 aromatic heterocycles. The van der Waals surface area contributed by atoms with E-state index in [1.807, 2.05) is 0 Å². The van der Waals surface area contributed by atoms with Crippen molar-refractivity contribution in [1.29, 1.82) is 0 Å². The second-order valence-electron chi connectivity index (χ2n) is 2.64. The summed E-state index contributed by atoms with van der Waals surface area (Å²) in [6.07, 6.45) is -2.79. The molecule has 0 amide bonds. The van der Waals surface area contributed by atoms with Crippen LogP contribution in [0.4, 0.5) is 20.4 Å². The molecule has 0 saturated heterocycles. The van der Waals surface area contributed by atoms with Gasteiger partial charge in [-0.25, -0.2) is 8.78 Å². The molecule has 0 saturated carbocycles. The number of aromatic nitrogens is 1. The van der Waals surface area contributed by atoms with Crippen molar-refractivity contribution in [3.05, 3.63) is 27.3 Å². The summed E-state index contributed by atoms with van der Waals surface area (Å²) in [6, 6.07) is 0.938. The monoisotopic (exact) mass is 203 g/mol. The van der Waals surface area contributed by atoms with E-state index in [1.165, 1.54) is 6.92 Å². The smallest absolute Gasteiger partial charge is 0.363 e. The molecule has 0 spiro atoms. The summed E-state index contributed by atoms with van der Waals surface area (Å²) in [7, 11) is 0. The average molecular weight is 203 g/mol. The van der Waals surface area contributed by atoms with Crippen LogP contribution in [0.3, 0.4) is 0 Å². The minimum atomic E-state index is -2.79. The molecule has 1 rings (SSSR count). The van der Waals surface area contributed by atoms with Gasteiger partial charge in [-0.05, 0) is 16.8 Å². The standard InChI is InChI=1S/C7H7F2N3O2/c1-3-4(6(8)9)2-5(10)11-7(3)12(13)14/h2,6H,1H3,(H2,10,11). The highest BCUT2D eigenvalue weighted by molar-refractivity contribution is 5.47. The van der Waals surface area contributed by atoms with Gasteiger partial charge in [0.15, 0.2) is 0 Å². The lowest BCUT2D eigenvalue weighted by Crippen LogP contribution is -2.03. The number of nitrogens with zero attached hydrogens (tertiary/aromatic N) is 2. The Morgan fingerprint density at radius 2 is 2.21 bits per heavy atom. The first-order chi connectivity index (χ1) is 6.43. The molecule has 0 atom stereocenters. The SMILES string of the molecule is Cc1c(C(F)F)cc(N)nc1[N+](=O)[O-]. The number of anilines is 1. The number of nitrogen functional groups attached to an aromatic ring is 1. The van der Waals surface area contributed by atoms with Crippen molar-refractivity contribution >= 4 is 11.6 Å². The Labute approximate surface area is 77.7 Å². The zero-order chi connectivity index (χ0) is 10.9. The maximum absolute atomic E-state index is 12.3. The largest absolute Gasteiger partial charge is 0.369 e. The number of rotatable bonds is 2. The Morgan fingerprint density at radius 1 is 1.64 bits per heavy atom. The van der Waals surface area contributed by atoms with Crippen molar-refractivity contribution in [2.45, 2.75) is 13.3 Å². The summed E-state index contributed by atoms with van der Waals surface area (Å²) >= 11 is 0. The van der Waals surface area contributed by atoms with Gasteiger partial charge in [0.1, 0.15) is 0 Å². The molecule has 0 bridgehead atoms. The number of halogens is 2. The maximum atomic E-state index is 12.3. The third-order valence-electron chi connectivity index (χ3n) is 1.71. The number of alkyl halides is 2. The summed E-state index contributed by atoms with van der Waals surface area (Å²) in [5.41, 5.74) is 4.55. The van der Waals surface area contributed by atoms with E-state index in [2.05, 4.69) is 4.98 Å². The van der Waals surface area contributed by atoms with Gasteiger partial charge in [0.05, 0.1) is 5.56 Å². The molecule has 0 fully saturated rings. The van der Waals surface area contributed by atoms with Crippen molar-refractivity contribution < 1.29 is 13.7 Å². The lowest BCUT2D eigenvalue weighted by atomic mass is 10.1. The third-order valence-corrected chi connectivity index (χ3v) is 1.71. The zero-order valence-corrected chi connectivity index (χ0v) is 7.20. The van der Waals surface area contributed by atoms with Crippen LogP contribution >= 0.6 is 0 Å². The Kier molecular flexibility index (Phi) is 2.59. The average Bonchev–Trinajstić information content (AvgIpc) is 2.07. The first kappa shape index (κ1) is 10.3. The van der Waals surface area contributed by atoms with Crippen molar-refractivity contribution in [3.63, 3.8) is 0 Å². The number of nitro groups is 1. The van der Waals surface area contributed by atoms with Crippen molar-refractivity contribution in [1.82, 2.24) is 4.98 Å². The van der Waals surface area contributed by atoms with Crippen LogP contribution in [0.5, 0.6) is 0 Å². The first-order valence-electron chi connectivity index (χ1n) is 3.63. The molecule has 76 valence electrons. The number of pyridine rings is 1. The summed E-state index contributed by atoms with van der Waals surface area (Å²) in [5.74, 6) is -0.905. The van der Waals surface area contributed by atoms with Crippen LogP contribution < -0.4 is 5.73 Å². The van der Waals surface area contributed by atoms with E-state index in [1.54, 1.807) is 0 Å². The molecule has 1 aromatic rings. The number of nitrogens with two attached hydrogens (primary N) is 1. The molecule has 7 heteroatoms. The summed E-state index contributed by atoms with van der Waals surface area (Å²) in [6.45, 7) is 1.21. The van der Waals surface area contributed by atoms with Crippen LogP contribution in [-0.2, 0) is 0 Å². The van der Waals surface area contributed by atoms with Crippen molar-refractivity contribution in [2.75, 3.05) is 5.73 Å². The lowest BCUT2D eigenvalue weighted by Gasteiger charge is -2.04.